The zero-order valence-corrected chi connectivity index (χ0v) is 15.4. The maximum Gasteiger partial charge on any atom is 0.0857 e. The van der Waals surface area contributed by atoms with Crippen LogP contribution in [0, 0.1) is 0 Å². The Morgan fingerprint density at radius 2 is 1.90 bits per heavy atom. The molecule has 3 nitrogen and oxygen atoms in total. The van der Waals surface area contributed by atoms with Gasteiger partial charge < -0.3 is 5.32 Å². The third-order valence-corrected chi connectivity index (χ3v) is 4.71. The van der Waals surface area contributed by atoms with E-state index in [1.807, 2.05) is 0 Å². The highest BCUT2D eigenvalue weighted by molar-refractivity contribution is 9.10. The van der Waals surface area contributed by atoms with Gasteiger partial charge in [0.25, 0.3) is 0 Å². The fourth-order valence-corrected chi connectivity index (χ4v) is 3.51. The summed E-state index contributed by atoms with van der Waals surface area (Å²) in [6, 6.07) is 8.78. The molecule has 0 saturated heterocycles. The molecule has 1 atom stereocenters. The van der Waals surface area contributed by atoms with E-state index >= 15 is 0 Å². The van der Waals surface area contributed by atoms with E-state index in [0.717, 1.165) is 23.1 Å². The first-order valence-corrected chi connectivity index (χ1v) is 8.79. The second kappa shape index (κ2) is 6.99. The smallest absolute Gasteiger partial charge is 0.0857 e. The van der Waals surface area contributed by atoms with Crippen molar-refractivity contribution in [3.8, 4) is 0 Å². The maximum absolute atomic E-state index is 4.37. The normalized spacial score (nSPS) is 13.4. The summed E-state index contributed by atoms with van der Waals surface area (Å²) < 4.78 is 5.30. The Bertz CT molecular complexity index is 572. The van der Waals surface area contributed by atoms with Crippen molar-refractivity contribution in [2.75, 3.05) is 6.54 Å². The van der Waals surface area contributed by atoms with Crippen LogP contribution in [0.1, 0.15) is 49.9 Å². The first kappa shape index (κ1) is 16.6. The Balaban J connectivity index is 2.27. The largest absolute Gasteiger partial charge is 0.309 e. The van der Waals surface area contributed by atoms with E-state index in [-0.39, 0.29) is 11.5 Å². The van der Waals surface area contributed by atoms with E-state index in [4.69, 9.17) is 0 Å². The summed E-state index contributed by atoms with van der Waals surface area (Å²) in [6.07, 6.45) is 0.952. The van der Waals surface area contributed by atoms with Crippen LogP contribution in [-0.2, 0) is 11.8 Å². The lowest BCUT2D eigenvalue weighted by molar-refractivity contribution is 0.515. The van der Waals surface area contributed by atoms with Crippen LogP contribution in [0.4, 0.5) is 0 Å². The van der Waals surface area contributed by atoms with Gasteiger partial charge in [-0.1, -0.05) is 60.2 Å². The molecule has 0 radical (unpaired) electrons. The zero-order chi connectivity index (χ0) is 15.5. The fourth-order valence-electron chi connectivity index (χ4n) is 2.31. The summed E-state index contributed by atoms with van der Waals surface area (Å²) in [4.78, 5) is 1.26. The molecule has 0 bridgehead atoms. The molecule has 0 aliphatic rings. The highest BCUT2D eigenvalue weighted by Crippen LogP contribution is 2.32. The van der Waals surface area contributed by atoms with Gasteiger partial charge in [0.05, 0.1) is 10.6 Å². The predicted molar refractivity (Wildman–Crippen MR) is 92.9 cm³/mol. The minimum atomic E-state index is 0.0235. The van der Waals surface area contributed by atoms with Gasteiger partial charge in [-0.2, -0.15) is 0 Å². The number of nitrogens with one attached hydrogen (secondary N) is 1. The number of aromatic nitrogens is 2. The number of benzene rings is 1. The Labute approximate surface area is 139 Å². The van der Waals surface area contributed by atoms with Crippen molar-refractivity contribution >= 4 is 27.5 Å². The molecule has 1 aromatic carbocycles. The van der Waals surface area contributed by atoms with E-state index in [1.54, 1.807) is 0 Å². The lowest BCUT2D eigenvalue weighted by Gasteiger charge is -2.22. The average Bonchev–Trinajstić information content (AvgIpc) is 2.90. The Hall–Kier alpha value is -0.780. The topological polar surface area (TPSA) is 37.8 Å². The van der Waals surface area contributed by atoms with Gasteiger partial charge in [0.1, 0.15) is 0 Å². The third-order valence-electron chi connectivity index (χ3n) is 3.34. The molecule has 0 fully saturated rings. The van der Waals surface area contributed by atoms with Crippen LogP contribution in [0.3, 0.4) is 0 Å². The molecule has 1 N–H and O–H groups in total. The van der Waals surface area contributed by atoms with Crippen molar-refractivity contribution in [2.24, 2.45) is 0 Å². The van der Waals surface area contributed by atoms with Crippen molar-refractivity contribution in [1.82, 2.24) is 14.9 Å². The quantitative estimate of drug-likeness (QED) is 0.845. The second-order valence-corrected chi connectivity index (χ2v) is 7.88. The van der Waals surface area contributed by atoms with Gasteiger partial charge in [0.2, 0.25) is 0 Å². The highest BCUT2D eigenvalue weighted by Gasteiger charge is 2.27. The molecule has 0 amide bonds. The molecule has 114 valence electrons. The Morgan fingerprint density at radius 3 is 2.48 bits per heavy atom. The first-order valence-electron chi connectivity index (χ1n) is 7.22. The van der Waals surface area contributed by atoms with Crippen LogP contribution in [0.15, 0.2) is 28.7 Å². The summed E-state index contributed by atoms with van der Waals surface area (Å²) in [5.74, 6) is 0. The van der Waals surface area contributed by atoms with Crippen LogP contribution >= 0.6 is 27.5 Å². The molecule has 0 aliphatic heterocycles. The number of halogens is 1. The van der Waals surface area contributed by atoms with Gasteiger partial charge in [-0.15, -0.1) is 5.10 Å². The minimum absolute atomic E-state index is 0.0235. The molecule has 0 saturated carbocycles. The molecule has 21 heavy (non-hydrogen) atoms. The first-order chi connectivity index (χ1) is 9.91. The molecule has 0 aliphatic carbocycles. The third kappa shape index (κ3) is 4.34. The van der Waals surface area contributed by atoms with E-state index in [0.29, 0.717) is 0 Å². The summed E-state index contributed by atoms with van der Waals surface area (Å²) in [7, 11) is 0. The van der Waals surface area contributed by atoms with Gasteiger partial charge >= 0.3 is 0 Å². The molecule has 5 heteroatoms. The van der Waals surface area contributed by atoms with Gasteiger partial charge in [0.15, 0.2) is 0 Å². The van der Waals surface area contributed by atoms with E-state index < -0.39 is 0 Å². The Kier molecular flexibility index (Phi) is 5.52. The minimum Gasteiger partial charge on any atom is -0.309 e. The Morgan fingerprint density at radius 1 is 1.24 bits per heavy atom. The van der Waals surface area contributed by atoms with Gasteiger partial charge in [-0.05, 0) is 42.2 Å². The number of rotatable bonds is 5. The summed E-state index contributed by atoms with van der Waals surface area (Å²) in [5.41, 5.74) is 2.45. The van der Waals surface area contributed by atoms with Crippen LogP contribution in [-0.4, -0.2) is 16.1 Å². The van der Waals surface area contributed by atoms with E-state index in [2.05, 4.69) is 82.8 Å². The summed E-state index contributed by atoms with van der Waals surface area (Å²) in [5, 5.41) is 7.95. The molecule has 1 aromatic heterocycles. The average molecular weight is 368 g/mol. The number of likely N-dealkylation sites (N-methyl/N-ethyl adjacent to an activating group) is 1. The number of nitrogens with zero attached hydrogens (tertiary/aromatic N) is 2. The molecule has 2 rings (SSSR count). The van der Waals surface area contributed by atoms with Crippen molar-refractivity contribution in [3.05, 3.63) is 44.9 Å². The molecule has 1 heterocycles. The van der Waals surface area contributed by atoms with Crippen LogP contribution in [0.2, 0.25) is 0 Å². The lowest BCUT2D eigenvalue weighted by Crippen LogP contribution is -2.25. The number of hydrogen-bond donors (Lipinski definition) is 1. The SMILES string of the molecule is CCNC(Cc1ccc(Br)cc1)c1snnc1C(C)(C)C. The predicted octanol–water partition coefficient (Wildman–Crippen LogP) is 4.49. The van der Waals surface area contributed by atoms with E-state index in [1.165, 1.54) is 22.0 Å². The van der Waals surface area contributed by atoms with Gasteiger partial charge in [0, 0.05) is 15.9 Å². The lowest BCUT2D eigenvalue weighted by atomic mass is 9.89. The van der Waals surface area contributed by atoms with Crippen molar-refractivity contribution in [2.45, 2.75) is 45.6 Å². The van der Waals surface area contributed by atoms with Gasteiger partial charge in [-0.3, -0.25) is 0 Å². The van der Waals surface area contributed by atoms with Crippen molar-refractivity contribution in [1.29, 1.82) is 0 Å². The molecule has 2 aromatic rings. The van der Waals surface area contributed by atoms with Crippen molar-refractivity contribution < 1.29 is 0 Å². The second-order valence-electron chi connectivity index (χ2n) is 6.18. The maximum atomic E-state index is 4.37. The fraction of sp³-hybridized carbons (Fsp3) is 0.500. The highest BCUT2D eigenvalue weighted by atomic mass is 79.9. The molecular formula is C16H22BrN3S. The van der Waals surface area contributed by atoms with Gasteiger partial charge in [-0.25, -0.2) is 0 Å². The summed E-state index contributed by atoms with van der Waals surface area (Å²) in [6.45, 7) is 9.64. The van der Waals surface area contributed by atoms with Crippen LogP contribution in [0.25, 0.3) is 0 Å². The standard InChI is InChI=1S/C16H22BrN3S/c1-5-18-13(10-11-6-8-12(17)9-7-11)14-15(16(2,3)4)19-20-21-14/h6-9,13,18H,5,10H2,1-4H3. The van der Waals surface area contributed by atoms with Crippen molar-refractivity contribution in [3.63, 3.8) is 0 Å². The molecule has 1 unspecified atom stereocenters. The van der Waals surface area contributed by atoms with Crippen LogP contribution in [0.5, 0.6) is 0 Å². The summed E-state index contributed by atoms with van der Waals surface area (Å²) >= 11 is 5.00. The molecule has 0 spiro atoms. The monoisotopic (exact) mass is 367 g/mol. The molecular weight excluding hydrogens is 346 g/mol. The zero-order valence-electron chi connectivity index (χ0n) is 13.0. The van der Waals surface area contributed by atoms with E-state index in [9.17, 15) is 0 Å². The number of hydrogen-bond acceptors (Lipinski definition) is 4. The van der Waals surface area contributed by atoms with Crippen LogP contribution < -0.4 is 5.32 Å².